The molecule has 0 saturated heterocycles. The van der Waals surface area contributed by atoms with Gasteiger partial charge in [-0.3, -0.25) is 4.79 Å². The van der Waals surface area contributed by atoms with E-state index < -0.39 is 8.32 Å². The van der Waals surface area contributed by atoms with E-state index in [-0.39, 0.29) is 5.04 Å². The third kappa shape index (κ3) is 9.79. The molecule has 8 heteroatoms. The molecule has 6 rings (SSSR count). The molecule has 2 heterocycles. The van der Waals surface area contributed by atoms with Gasteiger partial charge in [-0.2, -0.15) is 0 Å². The van der Waals surface area contributed by atoms with E-state index in [0.717, 1.165) is 66.1 Å². The van der Waals surface area contributed by atoms with Gasteiger partial charge in [0.25, 0.3) is 8.32 Å². The molecule has 1 aromatic heterocycles. The van der Waals surface area contributed by atoms with Crippen molar-refractivity contribution in [2.45, 2.75) is 71.4 Å². The fourth-order valence-electron chi connectivity index (χ4n) is 7.38. The minimum Gasteiger partial charge on any atom is -0.488 e. The van der Waals surface area contributed by atoms with Crippen molar-refractivity contribution in [3.63, 3.8) is 0 Å². The highest BCUT2D eigenvalue weighted by Crippen LogP contribution is 2.44. The number of hydrogen-bond acceptors (Lipinski definition) is 7. The lowest BCUT2D eigenvalue weighted by molar-refractivity contribution is 0.111. The Balaban J connectivity index is 1.22. The van der Waals surface area contributed by atoms with Crippen LogP contribution in [-0.4, -0.2) is 47.5 Å². The van der Waals surface area contributed by atoms with Crippen LogP contribution in [0, 0.1) is 0 Å². The zero-order chi connectivity index (χ0) is 38.5. The second kappa shape index (κ2) is 19.3. The van der Waals surface area contributed by atoms with Gasteiger partial charge in [-0.05, 0) is 64.5 Å². The Morgan fingerprint density at radius 3 is 1.95 bits per heavy atom. The molecular weight excluding hydrogens is 719 g/mol. The van der Waals surface area contributed by atoms with E-state index in [9.17, 15) is 4.79 Å². The lowest BCUT2D eigenvalue weighted by Crippen LogP contribution is -2.66. The summed E-state index contributed by atoms with van der Waals surface area (Å²) in [6, 6.07) is 38.6. The summed E-state index contributed by atoms with van der Waals surface area (Å²) in [5.41, 5.74) is 3.22. The maximum absolute atomic E-state index is 11.8. The van der Waals surface area contributed by atoms with Crippen LogP contribution in [0.15, 0.2) is 109 Å². The SMILES string of the molecule is CCCCCN(CCCCO[Si](c1ccccc1)(c1ccccc1)C(C)(C)C)c1ccc(/C=C/c2sc(C=O)c3c2OCCO3)c(OCc2ccccc2)c1. The summed E-state index contributed by atoms with van der Waals surface area (Å²) in [6.07, 6.45) is 10.3. The number of unbranched alkanes of at least 4 members (excludes halogenated alkanes) is 3. The Morgan fingerprint density at radius 2 is 1.35 bits per heavy atom. The first kappa shape index (κ1) is 40.0. The molecule has 0 N–H and O–H groups in total. The first-order valence-corrected chi connectivity index (χ1v) is 22.4. The fourth-order valence-corrected chi connectivity index (χ4v) is 12.9. The standard InChI is InChI=1S/C47H55NO5SSi/c1-5-6-16-29-48(30-17-18-31-53-55(47(2,3)4,40-21-12-8-13-22-40)41-23-14-9-15-24-41)39-27-25-38(42(34-39)52-36-37-19-10-7-11-20-37)26-28-43-45-46(44(35-49)54-43)51-33-32-50-45/h7-15,19-28,34-35H,5-6,16-18,29-33,36H2,1-4H3/b28-26+. The van der Waals surface area contributed by atoms with Gasteiger partial charge >= 0.3 is 0 Å². The largest absolute Gasteiger partial charge is 0.488 e. The summed E-state index contributed by atoms with van der Waals surface area (Å²) in [5.74, 6) is 1.99. The molecule has 1 aliphatic rings. The molecular formula is C47H55NO5SSi. The number of fused-ring (bicyclic) bond motifs is 1. The van der Waals surface area contributed by atoms with Gasteiger partial charge in [0.2, 0.25) is 0 Å². The number of thiophene rings is 1. The van der Waals surface area contributed by atoms with Crippen molar-refractivity contribution >= 4 is 54.2 Å². The van der Waals surface area contributed by atoms with Crippen LogP contribution in [0.1, 0.15) is 85.5 Å². The van der Waals surface area contributed by atoms with E-state index in [1.165, 1.54) is 34.6 Å². The molecule has 288 valence electrons. The molecule has 4 aromatic carbocycles. The normalized spacial score (nSPS) is 12.9. The smallest absolute Gasteiger partial charge is 0.261 e. The average molecular weight is 774 g/mol. The first-order chi connectivity index (χ1) is 26.8. The average Bonchev–Trinajstić information content (AvgIpc) is 3.58. The Hall–Kier alpha value is -4.63. The highest BCUT2D eigenvalue weighted by atomic mass is 32.1. The van der Waals surface area contributed by atoms with E-state index >= 15 is 0 Å². The minimum absolute atomic E-state index is 0.0470. The summed E-state index contributed by atoms with van der Waals surface area (Å²) >= 11 is 1.38. The van der Waals surface area contributed by atoms with Crippen LogP contribution >= 0.6 is 11.3 Å². The number of hydrogen-bond donors (Lipinski definition) is 0. The van der Waals surface area contributed by atoms with Gasteiger partial charge in [-0.15, -0.1) is 11.3 Å². The molecule has 1 aliphatic heterocycles. The number of benzene rings is 4. The molecule has 0 amide bonds. The third-order valence-electron chi connectivity index (χ3n) is 10.2. The molecule has 5 aromatic rings. The highest BCUT2D eigenvalue weighted by molar-refractivity contribution is 7.15. The van der Waals surface area contributed by atoms with E-state index in [1.807, 2.05) is 30.4 Å². The van der Waals surface area contributed by atoms with Crippen molar-refractivity contribution in [3.05, 3.63) is 130 Å². The van der Waals surface area contributed by atoms with Gasteiger partial charge in [0.05, 0.1) is 4.88 Å². The fraction of sp³-hybridized carbons (Fsp3) is 0.340. The Bertz CT molecular complexity index is 1930. The maximum atomic E-state index is 11.8. The number of nitrogens with zero attached hydrogens (tertiary/aromatic N) is 1. The van der Waals surface area contributed by atoms with Crippen molar-refractivity contribution in [1.29, 1.82) is 0 Å². The summed E-state index contributed by atoms with van der Waals surface area (Å²) in [6.45, 7) is 13.2. The maximum Gasteiger partial charge on any atom is 0.261 e. The van der Waals surface area contributed by atoms with Gasteiger partial charge < -0.3 is 23.5 Å². The third-order valence-corrected chi connectivity index (χ3v) is 16.2. The van der Waals surface area contributed by atoms with Crippen molar-refractivity contribution in [1.82, 2.24) is 0 Å². The number of aldehydes is 1. The zero-order valence-corrected chi connectivity index (χ0v) is 34.6. The lowest BCUT2D eigenvalue weighted by Gasteiger charge is -2.43. The van der Waals surface area contributed by atoms with Crippen LogP contribution in [0.25, 0.3) is 12.2 Å². The number of carbonyl (C=O) groups excluding carboxylic acids is 1. The lowest BCUT2D eigenvalue weighted by atomic mass is 10.1. The summed E-state index contributed by atoms with van der Waals surface area (Å²) in [7, 11) is -2.58. The van der Waals surface area contributed by atoms with Gasteiger partial charge in [0.1, 0.15) is 30.4 Å². The molecule has 0 fully saturated rings. The molecule has 0 aliphatic carbocycles. The highest BCUT2D eigenvalue weighted by Gasteiger charge is 2.50. The summed E-state index contributed by atoms with van der Waals surface area (Å²) in [4.78, 5) is 15.7. The molecule has 0 saturated carbocycles. The van der Waals surface area contributed by atoms with Crippen LogP contribution in [0.5, 0.6) is 17.2 Å². The van der Waals surface area contributed by atoms with E-state index in [1.54, 1.807) is 0 Å². The van der Waals surface area contributed by atoms with E-state index in [2.05, 4.69) is 124 Å². The second-order valence-electron chi connectivity index (χ2n) is 15.0. The van der Waals surface area contributed by atoms with Crippen molar-refractivity contribution in [2.75, 3.05) is 37.8 Å². The summed E-state index contributed by atoms with van der Waals surface area (Å²) < 4.78 is 25.5. The second-order valence-corrected chi connectivity index (χ2v) is 20.4. The monoisotopic (exact) mass is 773 g/mol. The molecule has 0 bridgehead atoms. The molecule has 6 nitrogen and oxygen atoms in total. The quantitative estimate of drug-likeness (QED) is 0.0473. The minimum atomic E-state index is -2.58. The Labute approximate surface area is 332 Å². The molecule has 0 atom stereocenters. The van der Waals surface area contributed by atoms with E-state index in [0.29, 0.717) is 42.8 Å². The van der Waals surface area contributed by atoms with Crippen LogP contribution in [0.4, 0.5) is 5.69 Å². The number of rotatable bonds is 19. The van der Waals surface area contributed by atoms with Crippen molar-refractivity contribution in [2.24, 2.45) is 0 Å². The van der Waals surface area contributed by atoms with Gasteiger partial charge in [-0.1, -0.05) is 132 Å². The number of carbonyl (C=O) groups is 1. The van der Waals surface area contributed by atoms with Gasteiger partial charge in [-0.25, -0.2) is 0 Å². The van der Waals surface area contributed by atoms with Gasteiger partial charge in [0.15, 0.2) is 17.8 Å². The first-order valence-electron chi connectivity index (χ1n) is 19.7. The topological polar surface area (TPSA) is 57.2 Å². The van der Waals surface area contributed by atoms with Crippen LogP contribution in [-0.2, 0) is 11.0 Å². The number of anilines is 1. The van der Waals surface area contributed by atoms with Crippen LogP contribution < -0.4 is 29.5 Å². The molecule has 55 heavy (non-hydrogen) atoms. The van der Waals surface area contributed by atoms with Crippen LogP contribution in [0.3, 0.4) is 0 Å². The Morgan fingerprint density at radius 1 is 0.745 bits per heavy atom. The van der Waals surface area contributed by atoms with Crippen LogP contribution in [0.2, 0.25) is 5.04 Å². The Kier molecular flexibility index (Phi) is 14.0. The molecule has 0 unspecified atom stereocenters. The zero-order valence-electron chi connectivity index (χ0n) is 32.8. The van der Waals surface area contributed by atoms with Gasteiger partial charge in [0, 0.05) is 37.0 Å². The molecule has 0 radical (unpaired) electrons. The predicted molar refractivity (Wildman–Crippen MR) is 231 cm³/mol. The summed E-state index contributed by atoms with van der Waals surface area (Å²) in [5, 5.41) is 2.58. The predicted octanol–water partition coefficient (Wildman–Crippen LogP) is 10.4. The molecule has 0 spiro atoms. The van der Waals surface area contributed by atoms with E-state index in [4.69, 9.17) is 18.6 Å². The van der Waals surface area contributed by atoms with Crippen molar-refractivity contribution in [3.8, 4) is 17.2 Å². The number of ether oxygens (including phenoxy) is 3. The van der Waals surface area contributed by atoms with Crippen molar-refractivity contribution < 1.29 is 23.4 Å².